The molecular formula is C17H16F2O. The number of benzene rings is 2. The lowest BCUT2D eigenvalue weighted by Crippen LogP contribution is -2.09. The molecule has 2 rings (SSSR count). The van der Waals surface area contributed by atoms with Crippen molar-refractivity contribution >= 4 is 5.78 Å². The van der Waals surface area contributed by atoms with E-state index in [1.807, 2.05) is 24.3 Å². The van der Waals surface area contributed by atoms with Crippen LogP contribution in [0.2, 0.25) is 0 Å². The number of carbonyl (C=O) groups is 1. The molecule has 0 heterocycles. The molecule has 0 aliphatic carbocycles. The molecule has 0 aliphatic rings. The fraction of sp³-hybridized carbons (Fsp3) is 0.235. The third-order valence-corrected chi connectivity index (χ3v) is 3.25. The zero-order chi connectivity index (χ0) is 14.7. The maximum absolute atomic E-state index is 13.5. The number of hydrogen-bond donors (Lipinski definition) is 0. The first-order valence-corrected chi connectivity index (χ1v) is 6.55. The molecule has 0 saturated carbocycles. The second-order valence-electron chi connectivity index (χ2n) is 5.09. The Kier molecular flexibility index (Phi) is 4.28. The van der Waals surface area contributed by atoms with Crippen molar-refractivity contribution in [2.24, 2.45) is 0 Å². The van der Waals surface area contributed by atoms with Gasteiger partial charge in [-0.05, 0) is 29.2 Å². The van der Waals surface area contributed by atoms with Crippen molar-refractivity contribution in [3.05, 3.63) is 70.8 Å². The van der Waals surface area contributed by atoms with Gasteiger partial charge >= 0.3 is 0 Å². The van der Waals surface area contributed by atoms with E-state index in [4.69, 9.17) is 0 Å². The molecule has 1 nitrogen and oxygen atoms in total. The molecular weight excluding hydrogens is 258 g/mol. The maximum Gasteiger partial charge on any atom is 0.173 e. The summed E-state index contributed by atoms with van der Waals surface area (Å²) in [6.45, 7) is 4.16. The minimum absolute atomic E-state index is 0.00374. The highest BCUT2D eigenvalue weighted by molar-refractivity contribution is 5.98. The Balaban J connectivity index is 2.19. The van der Waals surface area contributed by atoms with Crippen LogP contribution in [0.4, 0.5) is 8.78 Å². The normalized spacial score (nSPS) is 10.8. The van der Waals surface area contributed by atoms with Gasteiger partial charge in [0.15, 0.2) is 5.78 Å². The number of rotatable bonds is 4. The molecule has 0 atom stereocenters. The van der Waals surface area contributed by atoms with E-state index in [9.17, 15) is 13.6 Å². The minimum Gasteiger partial charge on any atom is -0.294 e. The van der Waals surface area contributed by atoms with Gasteiger partial charge in [0.05, 0.1) is 5.56 Å². The van der Waals surface area contributed by atoms with Gasteiger partial charge in [-0.15, -0.1) is 0 Å². The highest BCUT2D eigenvalue weighted by Gasteiger charge is 2.17. The Bertz CT molecular complexity index is 595. The van der Waals surface area contributed by atoms with Gasteiger partial charge in [0.2, 0.25) is 0 Å². The van der Waals surface area contributed by atoms with Crippen LogP contribution in [0.25, 0.3) is 0 Å². The lowest BCUT2D eigenvalue weighted by Gasteiger charge is -2.07. The standard InChI is InChI=1S/C17H16F2O/c1-11(2)13-8-6-12(7-9-13)10-16(20)17-14(18)4-3-5-15(17)19/h3-9,11H,10H2,1-2H3. The molecule has 0 radical (unpaired) electrons. The fourth-order valence-corrected chi connectivity index (χ4v) is 2.06. The molecule has 0 unspecified atom stereocenters. The van der Waals surface area contributed by atoms with Crippen LogP contribution in [-0.4, -0.2) is 5.78 Å². The number of Topliss-reactive ketones (excluding diaryl/α,β-unsaturated/α-hetero) is 1. The third-order valence-electron chi connectivity index (χ3n) is 3.25. The fourth-order valence-electron chi connectivity index (χ4n) is 2.06. The van der Waals surface area contributed by atoms with Crippen LogP contribution in [0.1, 0.15) is 41.3 Å². The second kappa shape index (κ2) is 5.95. The van der Waals surface area contributed by atoms with Crippen LogP contribution in [-0.2, 0) is 6.42 Å². The molecule has 0 fully saturated rings. The second-order valence-corrected chi connectivity index (χ2v) is 5.09. The summed E-state index contributed by atoms with van der Waals surface area (Å²) in [6, 6.07) is 11.0. The van der Waals surface area contributed by atoms with Gasteiger partial charge in [0, 0.05) is 6.42 Å². The topological polar surface area (TPSA) is 17.1 Å². The Morgan fingerprint density at radius 1 is 1.00 bits per heavy atom. The van der Waals surface area contributed by atoms with Gasteiger partial charge in [-0.25, -0.2) is 8.78 Å². The van der Waals surface area contributed by atoms with Crippen molar-refractivity contribution in [1.29, 1.82) is 0 Å². The molecule has 0 aromatic heterocycles. The summed E-state index contributed by atoms with van der Waals surface area (Å²) in [5.41, 5.74) is 1.46. The first kappa shape index (κ1) is 14.4. The van der Waals surface area contributed by atoms with E-state index in [0.29, 0.717) is 5.92 Å². The first-order valence-electron chi connectivity index (χ1n) is 6.55. The predicted molar refractivity (Wildman–Crippen MR) is 74.9 cm³/mol. The molecule has 0 amide bonds. The summed E-state index contributed by atoms with van der Waals surface area (Å²) in [6.07, 6.45) is -0.00374. The van der Waals surface area contributed by atoms with Crippen molar-refractivity contribution in [2.75, 3.05) is 0 Å². The third kappa shape index (κ3) is 3.10. The zero-order valence-electron chi connectivity index (χ0n) is 11.5. The largest absolute Gasteiger partial charge is 0.294 e. The molecule has 0 N–H and O–H groups in total. The van der Waals surface area contributed by atoms with Gasteiger partial charge in [0.1, 0.15) is 11.6 Å². The minimum atomic E-state index is -0.811. The van der Waals surface area contributed by atoms with E-state index in [2.05, 4.69) is 13.8 Å². The number of carbonyl (C=O) groups excluding carboxylic acids is 1. The predicted octanol–water partition coefficient (Wildman–Crippen LogP) is 4.51. The van der Waals surface area contributed by atoms with E-state index < -0.39 is 23.0 Å². The average molecular weight is 274 g/mol. The number of hydrogen-bond acceptors (Lipinski definition) is 1. The van der Waals surface area contributed by atoms with Crippen molar-refractivity contribution in [3.8, 4) is 0 Å². The Morgan fingerprint density at radius 3 is 2.05 bits per heavy atom. The van der Waals surface area contributed by atoms with Crippen LogP contribution in [0, 0.1) is 11.6 Å². The van der Waals surface area contributed by atoms with Crippen LogP contribution in [0.5, 0.6) is 0 Å². The molecule has 0 saturated heterocycles. The monoisotopic (exact) mass is 274 g/mol. The molecule has 3 heteroatoms. The molecule has 20 heavy (non-hydrogen) atoms. The number of halogens is 2. The molecule has 0 spiro atoms. The van der Waals surface area contributed by atoms with Crippen LogP contribution >= 0.6 is 0 Å². The molecule has 2 aromatic rings. The van der Waals surface area contributed by atoms with Gasteiger partial charge < -0.3 is 0 Å². The van der Waals surface area contributed by atoms with Gasteiger partial charge in [-0.3, -0.25) is 4.79 Å². The van der Waals surface area contributed by atoms with Crippen LogP contribution in [0.3, 0.4) is 0 Å². The van der Waals surface area contributed by atoms with Crippen molar-refractivity contribution < 1.29 is 13.6 Å². The lowest BCUT2D eigenvalue weighted by molar-refractivity contribution is 0.0985. The summed E-state index contributed by atoms with van der Waals surface area (Å²) in [7, 11) is 0. The van der Waals surface area contributed by atoms with E-state index in [1.165, 1.54) is 11.6 Å². The number of ketones is 1. The van der Waals surface area contributed by atoms with E-state index in [1.54, 1.807) is 0 Å². The van der Waals surface area contributed by atoms with Gasteiger partial charge in [-0.1, -0.05) is 44.2 Å². The van der Waals surface area contributed by atoms with Crippen LogP contribution in [0.15, 0.2) is 42.5 Å². The summed E-state index contributed by atoms with van der Waals surface area (Å²) in [4.78, 5) is 12.0. The highest BCUT2D eigenvalue weighted by atomic mass is 19.1. The SMILES string of the molecule is CC(C)c1ccc(CC(=O)c2c(F)cccc2F)cc1. The van der Waals surface area contributed by atoms with Crippen molar-refractivity contribution in [1.82, 2.24) is 0 Å². The van der Waals surface area contributed by atoms with Gasteiger partial charge in [0.25, 0.3) is 0 Å². The summed E-state index contributed by atoms with van der Waals surface area (Å²) < 4.78 is 27.0. The molecule has 104 valence electrons. The molecule has 0 bridgehead atoms. The zero-order valence-corrected chi connectivity index (χ0v) is 11.5. The van der Waals surface area contributed by atoms with Gasteiger partial charge in [-0.2, -0.15) is 0 Å². The van der Waals surface area contributed by atoms with E-state index in [-0.39, 0.29) is 6.42 Å². The quantitative estimate of drug-likeness (QED) is 0.749. The van der Waals surface area contributed by atoms with Crippen molar-refractivity contribution in [2.45, 2.75) is 26.2 Å². The van der Waals surface area contributed by atoms with E-state index >= 15 is 0 Å². The maximum atomic E-state index is 13.5. The van der Waals surface area contributed by atoms with Crippen molar-refractivity contribution in [3.63, 3.8) is 0 Å². The Hall–Kier alpha value is -2.03. The highest BCUT2D eigenvalue weighted by Crippen LogP contribution is 2.18. The lowest BCUT2D eigenvalue weighted by atomic mass is 9.98. The molecule has 2 aromatic carbocycles. The molecule has 0 aliphatic heterocycles. The average Bonchev–Trinajstić information content (AvgIpc) is 2.39. The Labute approximate surface area is 117 Å². The first-order chi connectivity index (χ1) is 9.49. The Morgan fingerprint density at radius 2 is 1.55 bits per heavy atom. The summed E-state index contributed by atoms with van der Waals surface area (Å²) >= 11 is 0. The van der Waals surface area contributed by atoms with Crippen LogP contribution < -0.4 is 0 Å². The van der Waals surface area contributed by atoms with E-state index in [0.717, 1.165) is 17.7 Å². The smallest absolute Gasteiger partial charge is 0.173 e. The summed E-state index contributed by atoms with van der Waals surface area (Å²) in [5.74, 6) is -1.76. The summed E-state index contributed by atoms with van der Waals surface area (Å²) in [5, 5.41) is 0.